The molecule has 7 nitrogen and oxygen atoms in total. The number of aromatic amines is 1. The van der Waals surface area contributed by atoms with Crippen molar-refractivity contribution in [2.24, 2.45) is 16.6 Å². The normalized spacial score (nSPS) is 19.4. The highest BCUT2D eigenvalue weighted by Gasteiger charge is 2.31. The van der Waals surface area contributed by atoms with Gasteiger partial charge in [0.2, 0.25) is 0 Å². The number of hydrogen-bond donors (Lipinski definition) is 3. The molecule has 1 aliphatic rings. The number of amidine groups is 1. The zero-order chi connectivity index (χ0) is 30.7. The lowest BCUT2D eigenvalue weighted by atomic mass is 9.83. The van der Waals surface area contributed by atoms with E-state index in [9.17, 15) is 4.79 Å². The summed E-state index contributed by atoms with van der Waals surface area (Å²) >= 11 is 6.28. The summed E-state index contributed by atoms with van der Waals surface area (Å²) in [6.45, 7) is 9.16. The van der Waals surface area contributed by atoms with Gasteiger partial charge in [-0.3, -0.25) is 9.56 Å². The third kappa shape index (κ3) is 7.36. The molecule has 9 heteroatoms. The van der Waals surface area contributed by atoms with Crippen molar-refractivity contribution in [3.63, 3.8) is 0 Å². The predicted molar refractivity (Wildman–Crippen MR) is 175 cm³/mol. The molecule has 0 aliphatic carbocycles. The Labute approximate surface area is 257 Å². The Morgan fingerprint density at radius 2 is 2.02 bits per heavy atom. The molecule has 43 heavy (non-hydrogen) atoms. The fraction of sp³-hybridized carbons (Fsp3) is 0.441. The van der Waals surface area contributed by atoms with Crippen molar-refractivity contribution in [1.82, 2.24) is 19.9 Å². The molecular weight excluding hydrogens is 563 g/mol. The SMILES string of the molecule is CC(N)=NCCC1(C)CCC[C@@H](c2ccc(-n3cc4cc(-c5cc(CCCC(C)C)cc(Cl)c5F)[nH]c4nc3=O)cc2)N1. The van der Waals surface area contributed by atoms with Gasteiger partial charge in [0.05, 0.1) is 22.2 Å². The first kappa shape index (κ1) is 31.0. The third-order valence-corrected chi connectivity index (χ3v) is 8.75. The van der Waals surface area contributed by atoms with Crippen LogP contribution in [-0.2, 0) is 6.42 Å². The van der Waals surface area contributed by atoms with E-state index in [1.807, 2.05) is 31.2 Å². The standard InChI is InChI=1S/C34H42ClFN6O/c1-21(2)7-5-8-23-17-27(31(36)28(35)18-23)30-19-25-20-42(33(43)40-32(25)39-30)26-12-10-24(11-13-26)29-9-6-14-34(4,41-29)15-16-38-22(3)37/h10-13,17-21,29,41H,5-9,14-16H2,1-4H3,(H2,37,38)(H,39,40,43)/t29-,34?/m0/s1. The van der Waals surface area contributed by atoms with E-state index in [0.29, 0.717) is 40.6 Å². The summed E-state index contributed by atoms with van der Waals surface area (Å²) in [5, 5.41) is 4.63. The van der Waals surface area contributed by atoms with Gasteiger partial charge in [0.1, 0.15) is 5.65 Å². The number of rotatable bonds is 10. The Balaban J connectivity index is 1.37. The summed E-state index contributed by atoms with van der Waals surface area (Å²) in [5.41, 5.74) is 9.52. The van der Waals surface area contributed by atoms with Crippen LogP contribution in [0.5, 0.6) is 0 Å². The van der Waals surface area contributed by atoms with Crippen LogP contribution in [0.1, 0.15) is 83.4 Å². The van der Waals surface area contributed by atoms with Gasteiger partial charge in [-0.15, -0.1) is 0 Å². The van der Waals surface area contributed by atoms with E-state index in [4.69, 9.17) is 17.3 Å². The van der Waals surface area contributed by atoms with Crippen LogP contribution in [0.4, 0.5) is 4.39 Å². The number of H-pyrrole nitrogens is 1. The number of nitrogens with zero attached hydrogens (tertiary/aromatic N) is 3. The van der Waals surface area contributed by atoms with Crippen LogP contribution in [0.2, 0.25) is 5.02 Å². The van der Waals surface area contributed by atoms with Crippen LogP contribution in [-0.4, -0.2) is 32.5 Å². The van der Waals surface area contributed by atoms with Gasteiger partial charge < -0.3 is 16.0 Å². The molecule has 3 heterocycles. The molecule has 0 amide bonds. The fourth-order valence-corrected chi connectivity index (χ4v) is 6.32. The Hall–Kier alpha value is -3.49. The lowest BCUT2D eigenvalue weighted by molar-refractivity contribution is 0.215. The molecule has 228 valence electrons. The minimum absolute atomic E-state index is 0.00424. The van der Waals surface area contributed by atoms with E-state index < -0.39 is 11.5 Å². The van der Waals surface area contributed by atoms with Crippen molar-refractivity contribution in [3.05, 3.63) is 81.1 Å². The van der Waals surface area contributed by atoms with Crippen molar-refractivity contribution in [2.75, 3.05) is 6.54 Å². The van der Waals surface area contributed by atoms with Crippen LogP contribution in [0, 0.1) is 11.7 Å². The first-order chi connectivity index (χ1) is 20.5. The molecule has 0 bridgehead atoms. The highest BCUT2D eigenvalue weighted by atomic mass is 35.5. The maximum absolute atomic E-state index is 15.1. The van der Waals surface area contributed by atoms with E-state index in [0.717, 1.165) is 56.2 Å². The van der Waals surface area contributed by atoms with Crippen LogP contribution >= 0.6 is 11.6 Å². The predicted octanol–water partition coefficient (Wildman–Crippen LogP) is 7.49. The van der Waals surface area contributed by atoms with Crippen LogP contribution in [0.15, 0.2) is 58.4 Å². The van der Waals surface area contributed by atoms with Gasteiger partial charge in [0.15, 0.2) is 5.82 Å². The number of hydrogen-bond acceptors (Lipinski definition) is 4. The van der Waals surface area contributed by atoms with Gasteiger partial charge >= 0.3 is 5.69 Å². The zero-order valence-electron chi connectivity index (χ0n) is 25.5. The van der Waals surface area contributed by atoms with Gasteiger partial charge in [-0.1, -0.05) is 44.0 Å². The lowest BCUT2D eigenvalue weighted by Gasteiger charge is -2.40. The van der Waals surface area contributed by atoms with Crippen molar-refractivity contribution in [3.8, 4) is 16.9 Å². The van der Waals surface area contributed by atoms with Crippen LogP contribution in [0.3, 0.4) is 0 Å². The van der Waals surface area contributed by atoms with Crippen molar-refractivity contribution >= 4 is 28.5 Å². The minimum Gasteiger partial charge on any atom is -0.388 e. The summed E-state index contributed by atoms with van der Waals surface area (Å²) in [6, 6.07) is 13.6. The minimum atomic E-state index is -0.485. The molecule has 5 rings (SSSR count). The monoisotopic (exact) mass is 604 g/mol. The van der Waals surface area contributed by atoms with E-state index in [1.54, 1.807) is 12.3 Å². The molecule has 1 fully saturated rings. The number of aromatic nitrogens is 3. The third-order valence-electron chi connectivity index (χ3n) is 8.48. The van der Waals surface area contributed by atoms with Gasteiger partial charge in [0.25, 0.3) is 0 Å². The average Bonchev–Trinajstić information content (AvgIpc) is 3.36. The van der Waals surface area contributed by atoms with Crippen molar-refractivity contribution in [2.45, 2.75) is 84.2 Å². The smallest absolute Gasteiger partial charge is 0.354 e. The second-order valence-corrected chi connectivity index (χ2v) is 13.0. The van der Waals surface area contributed by atoms with Gasteiger partial charge in [0, 0.05) is 35.3 Å². The first-order valence-electron chi connectivity index (χ1n) is 15.3. The Kier molecular flexibility index (Phi) is 9.37. The molecule has 1 saturated heterocycles. The summed E-state index contributed by atoms with van der Waals surface area (Å²) < 4.78 is 16.7. The first-order valence-corrected chi connectivity index (χ1v) is 15.6. The number of fused-ring (bicyclic) bond motifs is 1. The summed E-state index contributed by atoms with van der Waals surface area (Å²) in [7, 11) is 0. The van der Waals surface area contributed by atoms with Crippen LogP contribution in [0.25, 0.3) is 28.0 Å². The molecule has 1 unspecified atom stereocenters. The zero-order valence-corrected chi connectivity index (χ0v) is 26.3. The average molecular weight is 605 g/mol. The lowest BCUT2D eigenvalue weighted by Crippen LogP contribution is -2.48. The number of nitrogens with two attached hydrogens (primary N) is 1. The molecular formula is C34H42ClFN6O. The number of aryl methyl sites for hydroxylation is 1. The molecule has 2 aromatic heterocycles. The van der Waals surface area contributed by atoms with Gasteiger partial charge in [-0.05, 0) is 99.7 Å². The molecule has 2 atom stereocenters. The molecule has 0 radical (unpaired) electrons. The Morgan fingerprint density at radius 1 is 1.26 bits per heavy atom. The Morgan fingerprint density at radius 3 is 2.74 bits per heavy atom. The fourth-order valence-electron chi connectivity index (χ4n) is 6.08. The Bertz CT molecular complexity index is 1670. The number of benzene rings is 2. The number of aliphatic imine (C=N–C) groups is 1. The maximum Gasteiger partial charge on any atom is 0.354 e. The second-order valence-electron chi connectivity index (χ2n) is 12.6. The molecule has 0 saturated carbocycles. The number of nitrogens with one attached hydrogen (secondary N) is 2. The van der Waals surface area contributed by atoms with E-state index in [2.05, 4.69) is 53.2 Å². The molecule has 0 spiro atoms. The molecule has 2 aromatic carbocycles. The topological polar surface area (TPSA) is 101 Å². The second kappa shape index (κ2) is 13.0. The summed E-state index contributed by atoms with van der Waals surface area (Å²) in [4.78, 5) is 24.8. The quantitative estimate of drug-likeness (QED) is 0.129. The summed E-state index contributed by atoms with van der Waals surface area (Å²) in [6.07, 6.45) is 8.87. The summed E-state index contributed by atoms with van der Waals surface area (Å²) in [5.74, 6) is 0.737. The largest absolute Gasteiger partial charge is 0.388 e. The van der Waals surface area contributed by atoms with Crippen LogP contribution < -0.4 is 16.7 Å². The highest BCUT2D eigenvalue weighted by Crippen LogP contribution is 2.34. The maximum atomic E-state index is 15.1. The van der Waals surface area contributed by atoms with E-state index in [-0.39, 0.29) is 16.6 Å². The molecule has 1 aliphatic heterocycles. The van der Waals surface area contributed by atoms with Gasteiger partial charge in [-0.2, -0.15) is 4.98 Å². The van der Waals surface area contributed by atoms with Gasteiger partial charge in [-0.25, -0.2) is 9.18 Å². The van der Waals surface area contributed by atoms with E-state index >= 15 is 4.39 Å². The van der Waals surface area contributed by atoms with Crippen molar-refractivity contribution < 1.29 is 4.39 Å². The number of piperidine rings is 1. The number of halogens is 2. The highest BCUT2D eigenvalue weighted by molar-refractivity contribution is 6.31. The molecule has 4 N–H and O–H groups in total. The van der Waals surface area contributed by atoms with E-state index in [1.165, 1.54) is 10.1 Å². The molecule has 4 aromatic rings. The van der Waals surface area contributed by atoms with Crippen molar-refractivity contribution in [1.29, 1.82) is 0 Å².